The number of nitrogens with two attached hydrogens (primary N) is 1. The third-order valence-electron chi connectivity index (χ3n) is 4.27. The topological polar surface area (TPSA) is 147 Å². The molecule has 2 aromatic rings. The molecule has 2 heterocycles. The first-order chi connectivity index (χ1) is 13.5. The van der Waals surface area contributed by atoms with E-state index in [2.05, 4.69) is 20.6 Å². The van der Waals surface area contributed by atoms with Crippen LogP contribution in [-0.4, -0.2) is 48.4 Å². The first-order valence-corrected chi connectivity index (χ1v) is 8.68. The average molecular weight is 390 g/mol. The number of nitro groups is 1. The van der Waals surface area contributed by atoms with Crippen LogP contribution in [0.15, 0.2) is 18.2 Å². The van der Waals surface area contributed by atoms with Gasteiger partial charge < -0.3 is 30.6 Å². The maximum Gasteiger partial charge on any atom is 0.353 e. The summed E-state index contributed by atoms with van der Waals surface area (Å²) >= 11 is 0. The van der Waals surface area contributed by atoms with Crippen LogP contribution in [0.5, 0.6) is 11.5 Å². The van der Waals surface area contributed by atoms with E-state index in [1.165, 1.54) is 7.11 Å². The van der Waals surface area contributed by atoms with Crippen molar-refractivity contribution in [2.24, 2.45) is 0 Å². The molecule has 11 nitrogen and oxygen atoms in total. The van der Waals surface area contributed by atoms with Crippen molar-refractivity contribution in [2.75, 3.05) is 43.7 Å². The molecule has 1 aromatic carbocycles. The van der Waals surface area contributed by atoms with E-state index in [-0.39, 0.29) is 29.4 Å². The quantitative estimate of drug-likeness (QED) is 0.453. The van der Waals surface area contributed by atoms with Gasteiger partial charge in [-0.25, -0.2) is 0 Å². The number of anilines is 4. The lowest BCUT2D eigenvalue weighted by Crippen LogP contribution is -2.20. The molecule has 4 N–H and O–H groups in total. The maximum atomic E-state index is 11.4. The minimum atomic E-state index is -0.608. The Kier molecular flexibility index (Phi) is 5.94. The van der Waals surface area contributed by atoms with Gasteiger partial charge in [-0.2, -0.15) is 9.97 Å². The Hall–Kier alpha value is -3.34. The largest absolute Gasteiger partial charge is 0.497 e. The number of nitrogens with one attached hydrogen (secondary N) is 2. The minimum absolute atomic E-state index is 0.0225. The second kappa shape index (κ2) is 8.57. The Morgan fingerprint density at radius 3 is 2.82 bits per heavy atom. The van der Waals surface area contributed by atoms with Gasteiger partial charge in [-0.1, -0.05) is 0 Å². The number of methoxy groups -OCH3 is 2. The van der Waals surface area contributed by atoms with Gasteiger partial charge >= 0.3 is 5.69 Å². The van der Waals surface area contributed by atoms with Crippen LogP contribution in [0.25, 0.3) is 0 Å². The number of hydrogen-bond donors (Lipinski definition) is 3. The van der Waals surface area contributed by atoms with E-state index in [0.717, 1.165) is 12.8 Å². The SMILES string of the molecule is COc1ccc(OC)c(Nc2nc(N)c([N+](=O)[O-])c(NC[C@@H]3CCCO3)n2)c1. The van der Waals surface area contributed by atoms with Gasteiger partial charge in [-0.3, -0.25) is 10.1 Å². The van der Waals surface area contributed by atoms with Crippen molar-refractivity contribution in [1.29, 1.82) is 0 Å². The molecule has 0 aliphatic carbocycles. The lowest BCUT2D eigenvalue weighted by atomic mass is 10.2. The van der Waals surface area contributed by atoms with Gasteiger partial charge in [0.25, 0.3) is 0 Å². The highest BCUT2D eigenvalue weighted by atomic mass is 16.6. The molecular formula is C17H22N6O5. The Morgan fingerprint density at radius 2 is 2.18 bits per heavy atom. The van der Waals surface area contributed by atoms with Crippen molar-refractivity contribution >= 4 is 29.0 Å². The third-order valence-corrected chi connectivity index (χ3v) is 4.27. The molecule has 28 heavy (non-hydrogen) atoms. The summed E-state index contributed by atoms with van der Waals surface area (Å²) in [5.41, 5.74) is 5.98. The Labute approximate surface area is 161 Å². The smallest absolute Gasteiger partial charge is 0.353 e. The van der Waals surface area contributed by atoms with Crippen LogP contribution >= 0.6 is 0 Å². The van der Waals surface area contributed by atoms with Gasteiger partial charge in [0, 0.05) is 19.2 Å². The standard InChI is InChI=1S/C17H22N6O5/c1-26-10-5-6-13(27-2)12(8-10)20-17-21-15(18)14(23(24)25)16(22-17)19-9-11-4-3-7-28-11/h5-6,8,11H,3-4,7,9H2,1-2H3,(H4,18,19,20,21,22)/t11-/m0/s1. The molecule has 11 heteroatoms. The molecule has 3 rings (SSSR count). The van der Waals surface area contributed by atoms with Crippen LogP contribution in [0.1, 0.15) is 12.8 Å². The summed E-state index contributed by atoms with van der Waals surface area (Å²) in [6.07, 6.45) is 1.82. The molecule has 0 amide bonds. The second-order valence-corrected chi connectivity index (χ2v) is 6.09. The molecule has 1 aliphatic heterocycles. The molecule has 1 aliphatic rings. The first kappa shape index (κ1) is 19.4. The lowest BCUT2D eigenvalue weighted by Gasteiger charge is -2.15. The van der Waals surface area contributed by atoms with Gasteiger partial charge in [-0.15, -0.1) is 0 Å². The Bertz CT molecular complexity index is 856. The fraction of sp³-hybridized carbons (Fsp3) is 0.412. The van der Waals surface area contributed by atoms with Crippen LogP contribution < -0.4 is 25.8 Å². The van der Waals surface area contributed by atoms with Crippen molar-refractivity contribution in [2.45, 2.75) is 18.9 Å². The summed E-state index contributed by atoms with van der Waals surface area (Å²) in [5, 5.41) is 17.3. The highest BCUT2D eigenvalue weighted by molar-refractivity contribution is 5.72. The zero-order valence-corrected chi connectivity index (χ0v) is 15.6. The minimum Gasteiger partial charge on any atom is -0.497 e. The van der Waals surface area contributed by atoms with Crippen molar-refractivity contribution in [3.05, 3.63) is 28.3 Å². The molecule has 0 radical (unpaired) electrons. The van der Waals surface area contributed by atoms with E-state index in [4.69, 9.17) is 19.9 Å². The van der Waals surface area contributed by atoms with Gasteiger partial charge in [-0.05, 0) is 25.0 Å². The predicted octanol–water partition coefficient (Wildman–Crippen LogP) is 2.32. The fourth-order valence-electron chi connectivity index (χ4n) is 2.88. The van der Waals surface area contributed by atoms with Gasteiger partial charge in [0.2, 0.25) is 17.6 Å². The van der Waals surface area contributed by atoms with Crippen LogP contribution in [0, 0.1) is 10.1 Å². The van der Waals surface area contributed by atoms with E-state index < -0.39 is 4.92 Å². The third kappa shape index (κ3) is 4.31. The van der Waals surface area contributed by atoms with Crippen molar-refractivity contribution < 1.29 is 19.1 Å². The maximum absolute atomic E-state index is 11.4. The monoisotopic (exact) mass is 390 g/mol. The molecule has 1 fully saturated rings. The number of benzene rings is 1. The van der Waals surface area contributed by atoms with Crippen molar-refractivity contribution in [3.8, 4) is 11.5 Å². The van der Waals surface area contributed by atoms with Crippen molar-refractivity contribution in [1.82, 2.24) is 9.97 Å². The molecule has 0 unspecified atom stereocenters. The summed E-state index contributed by atoms with van der Waals surface area (Å²) in [6.45, 7) is 1.07. The van der Waals surface area contributed by atoms with E-state index in [1.54, 1.807) is 25.3 Å². The Balaban J connectivity index is 1.90. The number of rotatable bonds is 8. The number of nitrogens with zero attached hydrogens (tertiary/aromatic N) is 3. The summed E-state index contributed by atoms with van der Waals surface area (Å²) < 4.78 is 16.1. The molecule has 0 saturated carbocycles. The molecule has 1 atom stereocenters. The van der Waals surface area contributed by atoms with E-state index >= 15 is 0 Å². The van der Waals surface area contributed by atoms with Crippen LogP contribution in [0.4, 0.5) is 29.0 Å². The fourth-order valence-corrected chi connectivity index (χ4v) is 2.88. The van der Waals surface area contributed by atoms with Gasteiger partial charge in [0.05, 0.1) is 30.9 Å². The van der Waals surface area contributed by atoms with Crippen LogP contribution in [0.3, 0.4) is 0 Å². The lowest BCUT2D eigenvalue weighted by molar-refractivity contribution is -0.383. The molecule has 0 spiro atoms. The number of nitrogen functional groups attached to an aromatic ring is 1. The molecule has 0 bridgehead atoms. The zero-order chi connectivity index (χ0) is 20.1. The van der Waals surface area contributed by atoms with E-state index in [1.807, 2.05) is 0 Å². The van der Waals surface area contributed by atoms with Crippen LogP contribution in [0.2, 0.25) is 0 Å². The molecule has 1 saturated heterocycles. The molecule has 150 valence electrons. The molecular weight excluding hydrogens is 368 g/mol. The summed E-state index contributed by atoms with van der Waals surface area (Å²) in [5.74, 6) is 0.978. The first-order valence-electron chi connectivity index (χ1n) is 8.68. The number of ether oxygens (including phenoxy) is 3. The average Bonchev–Trinajstić information content (AvgIpc) is 3.19. The summed E-state index contributed by atoms with van der Waals surface area (Å²) in [6, 6.07) is 5.15. The van der Waals surface area contributed by atoms with Crippen LogP contribution in [-0.2, 0) is 4.74 Å². The van der Waals surface area contributed by atoms with E-state index in [9.17, 15) is 10.1 Å². The highest BCUT2D eigenvalue weighted by Crippen LogP contribution is 2.34. The highest BCUT2D eigenvalue weighted by Gasteiger charge is 2.25. The molecule has 1 aromatic heterocycles. The summed E-state index contributed by atoms with van der Waals surface area (Å²) in [7, 11) is 3.06. The number of hydrogen-bond acceptors (Lipinski definition) is 10. The van der Waals surface area contributed by atoms with E-state index in [0.29, 0.717) is 30.3 Å². The summed E-state index contributed by atoms with van der Waals surface area (Å²) in [4.78, 5) is 19.0. The second-order valence-electron chi connectivity index (χ2n) is 6.09. The van der Waals surface area contributed by atoms with Gasteiger partial charge in [0.1, 0.15) is 11.5 Å². The van der Waals surface area contributed by atoms with Crippen molar-refractivity contribution in [3.63, 3.8) is 0 Å². The zero-order valence-electron chi connectivity index (χ0n) is 15.6. The predicted molar refractivity (Wildman–Crippen MR) is 103 cm³/mol. The Morgan fingerprint density at radius 1 is 1.36 bits per heavy atom. The number of aromatic nitrogens is 2. The normalized spacial score (nSPS) is 15.9. The van der Waals surface area contributed by atoms with Gasteiger partial charge in [0.15, 0.2) is 0 Å².